The van der Waals surface area contributed by atoms with Crippen molar-refractivity contribution in [3.63, 3.8) is 0 Å². The number of hydrogen-bond acceptors (Lipinski definition) is 1. The van der Waals surface area contributed by atoms with Crippen LogP contribution in [0.25, 0.3) is 0 Å². The molecular weight excluding hydrogens is 182 g/mol. The van der Waals surface area contributed by atoms with Crippen molar-refractivity contribution in [2.24, 2.45) is 11.7 Å². The van der Waals surface area contributed by atoms with Gasteiger partial charge in [-0.3, -0.25) is 0 Å². The zero-order valence-corrected chi connectivity index (χ0v) is 10.8. The second kappa shape index (κ2) is 10.2. The van der Waals surface area contributed by atoms with Crippen LogP contribution in [-0.2, 0) is 0 Å². The van der Waals surface area contributed by atoms with Crippen LogP contribution in [0.2, 0.25) is 0 Å². The van der Waals surface area contributed by atoms with Crippen LogP contribution >= 0.6 is 0 Å². The molecule has 1 heteroatoms. The van der Waals surface area contributed by atoms with E-state index in [0.717, 1.165) is 18.8 Å². The molecule has 2 N–H and O–H groups in total. The Balaban J connectivity index is 3.36. The van der Waals surface area contributed by atoms with Crippen molar-refractivity contribution < 1.29 is 0 Å². The van der Waals surface area contributed by atoms with Gasteiger partial charge in [0.2, 0.25) is 0 Å². The van der Waals surface area contributed by atoms with Crippen molar-refractivity contribution in [3.8, 4) is 0 Å². The first-order valence-corrected chi connectivity index (χ1v) is 6.61. The number of rotatable bonds is 9. The zero-order valence-electron chi connectivity index (χ0n) is 10.8. The highest BCUT2D eigenvalue weighted by Crippen LogP contribution is 2.12. The van der Waals surface area contributed by atoms with E-state index < -0.39 is 0 Å². The van der Waals surface area contributed by atoms with Crippen molar-refractivity contribution in [2.45, 2.75) is 71.8 Å². The van der Waals surface area contributed by atoms with Gasteiger partial charge < -0.3 is 5.73 Å². The first kappa shape index (κ1) is 14.7. The van der Waals surface area contributed by atoms with Gasteiger partial charge in [0.15, 0.2) is 0 Å². The van der Waals surface area contributed by atoms with E-state index in [1.165, 1.54) is 32.1 Å². The molecule has 2 unspecified atom stereocenters. The molecule has 0 radical (unpaired) electrons. The molecule has 0 aromatic carbocycles. The van der Waals surface area contributed by atoms with E-state index in [1.807, 2.05) is 0 Å². The summed E-state index contributed by atoms with van der Waals surface area (Å²) >= 11 is 0. The Bertz CT molecular complexity index is 151. The van der Waals surface area contributed by atoms with E-state index >= 15 is 0 Å². The highest BCUT2D eigenvalue weighted by Gasteiger charge is 2.04. The van der Waals surface area contributed by atoms with E-state index in [-0.39, 0.29) is 0 Å². The number of nitrogens with two attached hydrogens (primary N) is 1. The van der Waals surface area contributed by atoms with Crippen molar-refractivity contribution in [2.75, 3.05) is 0 Å². The molecule has 0 bridgehead atoms. The molecule has 0 aliphatic carbocycles. The minimum Gasteiger partial charge on any atom is -0.328 e. The summed E-state index contributed by atoms with van der Waals surface area (Å²) in [6.07, 6.45) is 13.1. The standard InChI is InChI=1S/C14H29N/c1-4-6-7-8-9-10-14(15)12-11-13(3)5-2/h7-8,13-14H,4-6,9-12,15H2,1-3H3. The molecule has 15 heavy (non-hydrogen) atoms. The lowest BCUT2D eigenvalue weighted by molar-refractivity contribution is 0.447. The predicted octanol–water partition coefficient (Wildman–Crippen LogP) is 4.28. The average molecular weight is 211 g/mol. The first-order chi connectivity index (χ1) is 7.20. The van der Waals surface area contributed by atoms with E-state index in [1.54, 1.807) is 0 Å². The fourth-order valence-corrected chi connectivity index (χ4v) is 1.56. The van der Waals surface area contributed by atoms with Crippen LogP contribution in [0.15, 0.2) is 12.2 Å². The number of unbranched alkanes of at least 4 members (excludes halogenated alkanes) is 1. The summed E-state index contributed by atoms with van der Waals surface area (Å²) in [7, 11) is 0. The van der Waals surface area contributed by atoms with Gasteiger partial charge in [0.1, 0.15) is 0 Å². The van der Waals surface area contributed by atoms with Gasteiger partial charge in [-0.25, -0.2) is 0 Å². The van der Waals surface area contributed by atoms with Gasteiger partial charge in [-0.05, 0) is 38.0 Å². The molecular formula is C14H29N. The van der Waals surface area contributed by atoms with Crippen molar-refractivity contribution in [1.82, 2.24) is 0 Å². The summed E-state index contributed by atoms with van der Waals surface area (Å²) in [4.78, 5) is 0. The maximum absolute atomic E-state index is 6.06. The molecule has 0 rings (SSSR count). The van der Waals surface area contributed by atoms with E-state index in [9.17, 15) is 0 Å². The van der Waals surface area contributed by atoms with Gasteiger partial charge in [-0.15, -0.1) is 0 Å². The first-order valence-electron chi connectivity index (χ1n) is 6.61. The Morgan fingerprint density at radius 2 is 1.67 bits per heavy atom. The Morgan fingerprint density at radius 3 is 2.27 bits per heavy atom. The Kier molecular flexibility index (Phi) is 10.0. The topological polar surface area (TPSA) is 26.0 Å². The molecule has 0 saturated heterocycles. The third-order valence-electron chi connectivity index (χ3n) is 3.05. The number of allylic oxidation sites excluding steroid dienone is 2. The minimum atomic E-state index is 0.408. The van der Waals surface area contributed by atoms with Gasteiger partial charge in [0.25, 0.3) is 0 Å². The maximum atomic E-state index is 6.06. The molecule has 2 atom stereocenters. The highest BCUT2D eigenvalue weighted by atomic mass is 14.6. The summed E-state index contributed by atoms with van der Waals surface area (Å²) < 4.78 is 0. The Morgan fingerprint density at radius 1 is 1.00 bits per heavy atom. The van der Waals surface area contributed by atoms with Gasteiger partial charge in [0, 0.05) is 6.04 Å². The van der Waals surface area contributed by atoms with E-state index in [0.29, 0.717) is 6.04 Å². The van der Waals surface area contributed by atoms with E-state index in [4.69, 9.17) is 5.73 Å². The lowest BCUT2D eigenvalue weighted by Gasteiger charge is -2.13. The molecule has 1 nitrogen and oxygen atoms in total. The second-order valence-corrected chi connectivity index (χ2v) is 4.69. The quantitative estimate of drug-likeness (QED) is 0.566. The molecule has 0 heterocycles. The summed E-state index contributed by atoms with van der Waals surface area (Å²) in [5.41, 5.74) is 6.06. The second-order valence-electron chi connectivity index (χ2n) is 4.69. The van der Waals surface area contributed by atoms with Crippen LogP contribution in [0.3, 0.4) is 0 Å². The fourth-order valence-electron chi connectivity index (χ4n) is 1.56. The fraction of sp³-hybridized carbons (Fsp3) is 0.857. The molecule has 0 amide bonds. The van der Waals surface area contributed by atoms with Crippen LogP contribution < -0.4 is 5.73 Å². The molecule has 0 aliphatic heterocycles. The maximum Gasteiger partial charge on any atom is 0.00418 e. The van der Waals surface area contributed by atoms with Gasteiger partial charge in [0.05, 0.1) is 0 Å². The van der Waals surface area contributed by atoms with Gasteiger partial charge in [-0.1, -0.05) is 45.8 Å². The van der Waals surface area contributed by atoms with Crippen molar-refractivity contribution in [3.05, 3.63) is 12.2 Å². The third kappa shape index (κ3) is 9.99. The van der Waals surface area contributed by atoms with Gasteiger partial charge >= 0.3 is 0 Å². The lowest BCUT2D eigenvalue weighted by atomic mass is 9.97. The largest absolute Gasteiger partial charge is 0.328 e. The van der Waals surface area contributed by atoms with Crippen LogP contribution in [0.4, 0.5) is 0 Å². The molecule has 0 aliphatic rings. The predicted molar refractivity (Wildman–Crippen MR) is 69.9 cm³/mol. The SMILES string of the molecule is CCCC=CCCC(N)CCC(C)CC. The number of hydrogen-bond donors (Lipinski definition) is 1. The van der Waals surface area contributed by atoms with Crippen molar-refractivity contribution in [1.29, 1.82) is 0 Å². The summed E-state index contributed by atoms with van der Waals surface area (Å²) in [5.74, 6) is 0.840. The normalized spacial score (nSPS) is 15.7. The summed E-state index contributed by atoms with van der Waals surface area (Å²) in [6.45, 7) is 6.78. The lowest BCUT2D eigenvalue weighted by Crippen LogP contribution is -2.20. The van der Waals surface area contributed by atoms with Crippen molar-refractivity contribution >= 4 is 0 Å². The molecule has 0 spiro atoms. The molecule has 0 aromatic rings. The molecule has 0 aromatic heterocycles. The zero-order chi connectivity index (χ0) is 11.5. The summed E-state index contributed by atoms with van der Waals surface area (Å²) in [6, 6.07) is 0.408. The van der Waals surface area contributed by atoms with Crippen LogP contribution in [-0.4, -0.2) is 6.04 Å². The smallest absolute Gasteiger partial charge is 0.00418 e. The highest BCUT2D eigenvalue weighted by molar-refractivity contribution is 4.82. The molecule has 0 saturated carbocycles. The van der Waals surface area contributed by atoms with Crippen LogP contribution in [0.5, 0.6) is 0 Å². The Labute approximate surface area is 96.1 Å². The van der Waals surface area contributed by atoms with Crippen LogP contribution in [0.1, 0.15) is 65.7 Å². The Hall–Kier alpha value is -0.300. The monoisotopic (exact) mass is 211 g/mol. The summed E-state index contributed by atoms with van der Waals surface area (Å²) in [5, 5.41) is 0. The van der Waals surface area contributed by atoms with E-state index in [2.05, 4.69) is 32.9 Å². The molecule has 90 valence electrons. The molecule has 0 fully saturated rings. The van der Waals surface area contributed by atoms with Crippen LogP contribution in [0, 0.1) is 5.92 Å². The minimum absolute atomic E-state index is 0.408. The van der Waals surface area contributed by atoms with Gasteiger partial charge in [-0.2, -0.15) is 0 Å². The average Bonchev–Trinajstić information content (AvgIpc) is 2.25. The third-order valence-corrected chi connectivity index (χ3v) is 3.05.